The van der Waals surface area contributed by atoms with Gasteiger partial charge in [0.15, 0.2) is 0 Å². The minimum Gasteiger partial charge on any atom is -0.271 e. The summed E-state index contributed by atoms with van der Waals surface area (Å²) in [5.74, 6) is 4.15. The van der Waals surface area contributed by atoms with Crippen molar-refractivity contribution in [3.63, 3.8) is 0 Å². The Hall–Kier alpha value is -1.86. The quantitative estimate of drug-likeness (QED) is 0.545. The zero-order chi connectivity index (χ0) is 12.3. The highest BCUT2D eigenvalue weighted by molar-refractivity contribution is 5.21. The minimum atomic E-state index is -0.607. The van der Waals surface area contributed by atoms with Crippen LogP contribution in [0.1, 0.15) is 17.3 Å². The third kappa shape index (κ3) is 2.63. The molecule has 7 heteroatoms. The van der Waals surface area contributed by atoms with Crippen molar-refractivity contribution < 1.29 is 8.78 Å². The van der Waals surface area contributed by atoms with Crippen molar-refractivity contribution in [1.82, 2.24) is 20.8 Å². The summed E-state index contributed by atoms with van der Waals surface area (Å²) in [6.45, 7) is 0. The average Bonchev–Trinajstić information content (AvgIpc) is 2.81. The molecule has 1 heterocycles. The molecule has 0 saturated heterocycles. The lowest BCUT2D eigenvalue weighted by Crippen LogP contribution is -2.30. The van der Waals surface area contributed by atoms with E-state index in [1.54, 1.807) is 0 Å². The Kier molecular flexibility index (Phi) is 3.40. The Balaban J connectivity index is 2.19. The van der Waals surface area contributed by atoms with Crippen molar-refractivity contribution >= 4 is 0 Å². The Morgan fingerprint density at radius 2 is 2.24 bits per heavy atom. The van der Waals surface area contributed by atoms with E-state index in [1.165, 1.54) is 18.3 Å². The number of aromatic nitrogens is 3. The second-order valence-corrected chi connectivity index (χ2v) is 3.55. The molecule has 90 valence electrons. The van der Waals surface area contributed by atoms with Gasteiger partial charge in [-0.25, -0.2) is 8.78 Å². The topological polar surface area (TPSA) is 79.6 Å². The van der Waals surface area contributed by atoms with Gasteiger partial charge < -0.3 is 0 Å². The van der Waals surface area contributed by atoms with E-state index in [2.05, 4.69) is 20.8 Å². The highest BCUT2D eigenvalue weighted by atomic mass is 19.1. The number of hydrogen-bond acceptors (Lipinski definition) is 4. The third-order valence-corrected chi connectivity index (χ3v) is 2.43. The molecule has 1 atom stereocenters. The van der Waals surface area contributed by atoms with E-state index in [-0.39, 0.29) is 12.5 Å². The number of halogens is 2. The van der Waals surface area contributed by atoms with Gasteiger partial charge in [0.25, 0.3) is 0 Å². The zero-order valence-corrected chi connectivity index (χ0v) is 8.82. The molecule has 2 aromatic rings. The van der Waals surface area contributed by atoms with E-state index in [9.17, 15) is 8.78 Å². The molecule has 0 radical (unpaired) electrons. The normalized spacial score (nSPS) is 12.6. The van der Waals surface area contributed by atoms with Crippen LogP contribution in [0.3, 0.4) is 0 Å². The smallest absolute Gasteiger partial charge is 0.129 e. The third-order valence-electron chi connectivity index (χ3n) is 2.43. The van der Waals surface area contributed by atoms with E-state index < -0.39 is 11.6 Å². The first-order chi connectivity index (χ1) is 8.20. The van der Waals surface area contributed by atoms with Crippen LogP contribution in [0.15, 0.2) is 24.4 Å². The summed E-state index contributed by atoms with van der Waals surface area (Å²) in [6, 6.07) is 3.05. The molecule has 5 nitrogen and oxygen atoms in total. The highest BCUT2D eigenvalue weighted by Gasteiger charge is 2.15. The molecule has 1 aromatic carbocycles. The zero-order valence-electron chi connectivity index (χ0n) is 8.82. The molecule has 0 aliphatic carbocycles. The van der Waals surface area contributed by atoms with Crippen LogP contribution < -0.4 is 11.3 Å². The number of rotatable bonds is 4. The maximum atomic E-state index is 13.4. The lowest BCUT2D eigenvalue weighted by atomic mass is 10.0. The second-order valence-electron chi connectivity index (χ2n) is 3.55. The highest BCUT2D eigenvalue weighted by Crippen LogP contribution is 2.18. The van der Waals surface area contributed by atoms with Gasteiger partial charge in [0.1, 0.15) is 17.3 Å². The van der Waals surface area contributed by atoms with Crippen LogP contribution in [0.25, 0.3) is 0 Å². The Bertz CT molecular complexity index is 485. The van der Waals surface area contributed by atoms with Crippen LogP contribution in [0.4, 0.5) is 8.78 Å². The van der Waals surface area contributed by atoms with Gasteiger partial charge in [0.2, 0.25) is 0 Å². The number of aromatic amines is 1. The Labute approximate surface area is 96.0 Å². The number of H-pyrrole nitrogens is 1. The van der Waals surface area contributed by atoms with Gasteiger partial charge in [-0.2, -0.15) is 15.4 Å². The van der Waals surface area contributed by atoms with Crippen molar-refractivity contribution in [2.45, 2.75) is 12.5 Å². The van der Waals surface area contributed by atoms with Gasteiger partial charge in [-0.1, -0.05) is 6.07 Å². The molecule has 0 aliphatic rings. The first-order valence-electron chi connectivity index (χ1n) is 4.96. The fraction of sp³-hybridized carbons (Fsp3) is 0.200. The van der Waals surface area contributed by atoms with E-state index >= 15 is 0 Å². The lowest BCUT2D eigenvalue weighted by Gasteiger charge is -2.13. The van der Waals surface area contributed by atoms with Crippen molar-refractivity contribution in [2.75, 3.05) is 0 Å². The fourth-order valence-electron chi connectivity index (χ4n) is 1.53. The largest absolute Gasteiger partial charge is 0.271 e. The molecule has 2 rings (SSSR count). The summed E-state index contributed by atoms with van der Waals surface area (Å²) >= 11 is 0. The maximum Gasteiger partial charge on any atom is 0.129 e. The molecule has 0 aliphatic heterocycles. The molecular formula is C10H11F2N5. The van der Waals surface area contributed by atoms with E-state index in [0.29, 0.717) is 11.3 Å². The van der Waals surface area contributed by atoms with E-state index in [4.69, 9.17) is 5.84 Å². The van der Waals surface area contributed by atoms with Crippen LogP contribution in [0, 0.1) is 11.6 Å². The molecule has 0 amide bonds. The summed E-state index contributed by atoms with van der Waals surface area (Å²) in [4.78, 5) is 0. The monoisotopic (exact) mass is 239 g/mol. The van der Waals surface area contributed by atoms with Crippen LogP contribution in [-0.2, 0) is 6.42 Å². The predicted octanol–water partition coefficient (Wildman–Crippen LogP) is 0.830. The minimum absolute atomic E-state index is 0.259. The number of nitrogens with two attached hydrogens (primary N) is 1. The fourth-order valence-corrected chi connectivity index (χ4v) is 1.53. The molecule has 17 heavy (non-hydrogen) atoms. The van der Waals surface area contributed by atoms with Gasteiger partial charge in [-0.3, -0.25) is 11.3 Å². The number of hydrazine groups is 1. The molecule has 0 fully saturated rings. The van der Waals surface area contributed by atoms with Crippen molar-refractivity contribution in [3.05, 3.63) is 47.3 Å². The SMILES string of the molecule is NNC(Cc1ccc(F)cc1F)c1cn[nH]n1. The maximum absolute atomic E-state index is 13.4. The van der Waals surface area contributed by atoms with E-state index in [1.807, 2.05) is 0 Å². The summed E-state index contributed by atoms with van der Waals surface area (Å²) < 4.78 is 26.2. The molecule has 4 N–H and O–H groups in total. The average molecular weight is 239 g/mol. The second kappa shape index (κ2) is 4.98. The van der Waals surface area contributed by atoms with Crippen LogP contribution in [0.2, 0.25) is 0 Å². The van der Waals surface area contributed by atoms with Gasteiger partial charge in [0.05, 0.1) is 12.2 Å². The van der Waals surface area contributed by atoms with E-state index in [0.717, 1.165) is 6.07 Å². The summed E-state index contributed by atoms with van der Waals surface area (Å²) in [5.41, 5.74) is 3.44. The Morgan fingerprint density at radius 1 is 1.41 bits per heavy atom. The van der Waals surface area contributed by atoms with Gasteiger partial charge >= 0.3 is 0 Å². The Morgan fingerprint density at radius 3 is 2.82 bits per heavy atom. The molecule has 1 aromatic heterocycles. The van der Waals surface area contributed by atoms with Crippen LogP contribution >= 0.6 is 0 Å². The number of nitrogens with zero attached hydrogens (tertiary/aromatic N) is 2. The van der Waals surface area contributed by atoms with Crippen LogP contribution in [-0.4, -0.2) is 15.4 Å². The standard InChI is InChI=1S/C10H11F2N5/c11-7-2-1-6(8(12)4-7)3-9(15-13)10-5-14-17-16-10/h1-2,4-5,9,15H,3,13H2,(H,14,16,17). The van der Waals surface area contributed by atoms with Gasteiger partial charge in [-0.15, -0.1) is 0 Å². The summed E-state index contributed by atoms with van der Waals surface area (Å²) in [6.07, 6.45) is 1.75. The first kappa shape index (κ1) is 11.6. The molecule has 1 unspecified atom stereocenters. The van der Waals surface area contributed by atoms with Gasteiger partial charge in [-0.05, 0) is 18.1 Å². The number of nitrogens with one attached hydrogen (secondary N) is 2. The summed E-state index contributed by atoms with van der Waals surface area (Å²) in [5, 5.41) is 9.94. The van der Waals surface area contributed by atoms with Crippen molar-refractivity contribution in [3.8, 4) is 0 Å². The number of benzene rings is 1. The number of hydrogen-bond donors (Lipinski definition) is 3. The molecule has 0 bridgehead atoms. The van der Waals surface area contributed by atoms with Crippen molar-refractivity contribution in [2.24, 2.45) is 5.84 Å². The molecular weight excluding hydrogens is 228 g/mol. The lowest BCUT2D eigenvalue weighted by molar-refractivity contribution is 0.512. The van der Waals surface area contributed by atoms with Crippen molar-refractivity contribution in [1.29, 1.82) is 0 Å². The molecule has 0 spiro atoms. The summed E-state index contributed by atoms with van der Waals surface area (Å²) in [7, 11) is 0. The van der Waals surface area contributed by atoms with Crippen LogP contribution in [0.5, 0.6) is 0 Å². The van der Waals surface area contributed by atoms with Gasteiger partial charge in [0, 0.05) is 6.07 Å². The predicted molar refractivity (Wildman–Crippen MR) is 56.5 cm³/mol. The first-order valence-corrected chi connectivity index (χ1v) is 4.96. The molecule has 0 saturated carbocycles.